The van der Waals surface area contributed by atoms with E-state index in [0.29, 0.717) is 35.8 Å². The van der Waals surface area contributed by atoms with E-state index < -0.39 is 6.04 Å². The minimum absolute atomic E-state index is 0.0183. The predicted molar refractivity (Wildman–Crippen MR) is 198 cm³/mol. The number of rotatable bonds is 7. The first kappa shape index (κ1) is 37.1. The molecule has 3 aromatic rings. The number of fused-ring (bicyclic) bond motifs is 2. The first-order valence-corrected chi connectivity index (χ1v) is 18.3. The van der Waals surface area contributed by atoms with E-state index in [0.717, 1.165) is 62.1 Å². The Bertz CT molecular complexity index is 1610. The van der Waals surface area contributed by atoms with Crippen molar-refractivity contribution in [1.82, 2.24) is 9.80 Å². The molecule has 1 aliphatic heterocycles. The van der Waals surface area contributed by atoms with Crippen LogP contribution in [-0.2, 0) is 9.53 Å². The van der Waals surface area contributed by atoms with Gasteiger partial charge in [0.1, 0.15) is 5.75 Å². The zero-order valence-electron chi connectivity index (χ0n) is 30.0. The lowest BCUT2D eigenvalue weighted by Gasteiger charge is -2.36. The molecule has 0 saturated heterocycles. The van der Waals surface area contributed by atoms with Crippen LogP contribution in [0.1, 0.15) is 82.5 Å². The molecular weight excluding hydrogens is 632 g/mol. The van der Waals surface area contributed by atoms with Crippen LogP contribution in [0, 0.1) is 11.8 Å². The molecule has 5 rings (SSSR count). The molecule has 0 bridgehead atoms. The van der Waals surface area contributed by atoms with Gasteiger partial charge in [0, 0.05) is 50.0 Å². The summed E-state index contributed by atoms with van der Waals surface area (Å²) in [5.41, 5.74) is 1.60. The smallest absolute Gasteiger partial charge is 0.321 e. The van der Waals surface area contributed by atoms with Crippen LogP contribution >= 0.6 is 0 Å². The zero-order chi connectivity index (χ0) is 35.6. The summed E-state index contributed by atoms with van der Waals surface area (Å²) in [5, 5.41) is 18.5. The number of hydrogen-bond donors (Lipinski definition) is 3. The van der Waals surface area contributed by atoms with Gasteiger partial charge in [-0.25, -0.2) is 4.79 Å². The van der Waals surface area contributed by atoms with Crippen LogP contribution in [0.15, 0.2) is 60.7 Å². The van der Waals surface area contributed by atoms with Crippen molar-refractivity contribution in [3.05, 3.63) is 66.2 Å². The average molecular weight is 687 g/mol. The van der Waals surface area contributed by atoms with Crippen LogP contribution in [0.25, 0.3) is 10.8 Å². The molecule has 4 amide bonds. The number of nitrogens with one attached hydrogen (secondary N) is 2. The molecule has 10 heteroatoms. The maximum absolute atomic E-state index is 14.4. The van der Waals surface area contributed by atoms with Gasteiger partial charge in [-0.05, 0) is 87.1 Å². The quantitative estimate of drug-likeness (QED) is 0.240. The normalized spacial score (nSPS) is 21.7. The highest BCUT2D eigenvalue weighted by Gasteiger charge is 2.31. The Kier molecular flexibility index (Phi) is 13.1. The van der Waals surface area contributed by atoms with Crippen molar-refractivity contribution in [2.24, 2.45) is 11.8 Å². The lowest BCUT2D eigenvalue weighted by molar-refractivity contribution is -0.120. The van der Waals surface area contributed by atoms with Gasteiger partial charge in [0.25, 0.3) is 5.91 Å². The van der Waals surface area contributed by atoms with Gasteiger partial charge in [-0.15, -0.1) is 0 Å². The van der Waals surface area contributed by atoms with Crippen molar-refractivity contribution in [1.29, 1.82) is 0 Å². The zero-order valence-corrected chi connectivity index (χ0v) is 30.0. The highest BCUT2D eigenvalue weighted by Crippen LogP contribution is 2.30. The van der Waals surface area contributed by atoms with Crippen molar-refractivity contribution in [2.45, 2.75) is 90.4 Å². The van der Waals surface area contributed by atoms with Gasteiger partial charge in [0.15, 0.2) is 0 Å². The molecule has 10 nitrogen and oxygen atoms in total. The van der Waals surface area contributed by atoms with Crippen molar-refractivity contribution in [3.63, 3.8) is 0 Å². The molecule has 2 aliphatic rings. The Morgan fingerprint density at radius 2 is 1.62 bits per heavy atom. The van der Waals surface area contributed by atoms with E-state index >= 15 is 0 Å². The van der Waals surface area contributed by atoms with Crippen LogP contribution in [0.2, 0.25) is 0 Å². The third-order valence-corrected chi connectivity index (χ3v) is 10.1. The summed E-state index contributed by atoms with van der Waals surface area (Å²) in [4.78, 5) is 44.2. The van der Waals surface area contributed by atoms with Gasteiger partial charge >= 0.3 is 6.03 Å². The Labute approximate surface area is 296 Å². The maximum atomic E-state index is 14.4. The van der Waals surface area contributed by atoms with E-state index in [4.69, 9.17) is 9.47 Å². The van der Waals surface area contributed by atoms with Crippen molar-refractivity contribution in [3.8, 4) is 5.75 Å². The largest absolute Gasteiger partial charge is 0.490 e. The van der Waals surface area contributed by atoms with Crippen molar-refractivity contribution < 1.29 is 29.0 Å². The number of aliphatic hydroxyl groups is 1. The molecule has 270 valence electrons. The number of carbonyl (C=O) groups is 3. The Balaban J connectivity index is 1.35. The summed E-state index contributed by atoms with van der Waals surface area (Å²) in [6.07, 6.45) is 6.93. The SMILES string of the molecule is C[C@H](CO)N1C[C@H](C)[C@H](CN(C)C(=O)Nc2ccc3ccccc3c2)OCCCC[C@H](C)Oc2ccc(NC(=O)C3CCCCC3)cc2C1=O. The predicted octanol–water partition coefficient (Wildman–Crippen LogP) is 7.32. The molecule has 1 aliphatic carbocycles. The molecule has 0 spiro atoms. The fraction of sp³-hybridized carbons (Fsp3) is 0.525. The van der Waals surface area contributed by atoms with Crippen LogP contribution in [0.5, 0.6) is 5.75 Å². The number of aliphatic hydroxyl groups excluding tert-OH is 1. The fourth-order valence-corrected chi connectivity index (χ4v) is 6.91. The summed E-state index contributed by atoms with van der Waals surface area (Å²) in [6.45, 7) is 6.67. The lowest BCUT2D eigenvalue weighted by atomic mass is 9.88. The number of carbonyl (C=O) groups excluding carboxylic acids is 3. The molecule has 4 atom stereocenters. The summed E-state index contributed by atoms with van der Waals surface area (Å²) >= 11 is 0. The molecule has 0 unspecified atom stereocenters. The number of nitrogens with zero attached hydrogens (tertiary/aromatic N) is 2. The summed E-state index contributed by atoms with van der Waals surface area (Å²) < 4.78 is 12.8. The molecule has 3 N–H and O–H groups in total. The first-order valence-electron chi connectivity index (χ1n) is 18.3. The van der Waals surface area contributed by atoms with Gasteiger partial charge in [-0.1, -0.05) is 56.5 Å². The highest BCUT2D eigenvalue weighted by atomic mass is 16.5. The number of hydrogen-bond acceptors (Lipinski definition) is 6. The third kappa shape index (κ3) is 9.75. The molecule has 50 heavy (non-hydrogen) atoms. The molecule has 1 heterocycles. The Morgan fingerprint density at radius 3 is 2.38 bits per heavy atom. The molecule has 0 aromatic heterocycles. The van der Waals surface area contributed by atoms with E-state index in [1.807, 2.05) is 63.2 Å². The van der Waals surface area contributed by atoms with Gasteiger partial charge in [-0.2, -0.15) is 0 Å². The second-order valence-electron chi connectivity index (χ2n) is 14.2. The van der Waals surface area contributed by atoms with Crippen LogP contribution in [0.3, 0.4) is 0 Å². The van der Waals surface area contributed by atoms with Crippen molar-refractivity contribution in [2.75, 3.05) is 44.0 Å². The molecular formula is C40H54N4O6. The third-order valence-electron chi connectivity index (χ3n) is 10.1. The summed E-state index contributed by atoms with van der Waals surface area (Å²) in [6, 6.07) is 18.4. The topological polar surface area (TPSA) is 120 Å². The lowest BCUT2D eigenvalue weighted by Crippen LogP contribution is -2.48. The second-order valence-corrected chi connectivity index (χ2v) is 14.2. The molecule has 1 fully saturated rings. The van der Waals surface area contributed by atoms with E-state index in [9.17, 15) is 19.5 Å². The number of anilines is 2. The average Bonchev–Trinajstić information content (AvgIpc) is 3.12. The first-order chi connectivity index (χ1) is 24.1. The molecule has 0 radical (unpaired) electrons. The minimum Gasteiger partial charge on any atom is -0.490 e. The Morgan fingerprint density at radius 1 is 0.920 bits per heavy atom. The number of benzene rings is 3. The van der Waals surface area contributed by atoms with E-state index in [1.54, 1.807) is 35.0 Å². The van der Waals surface area contributed by atoms with Crippen LogP contribution in [0.4, 0.5) is 16.2 Å². The van der Waals surface area contributed by atoms with Gasteiger partial charge < -0.3 is 35.0 Å². The molecule has 1 saturated carbocycles. The number of ether oxygens (including phenoxy) is 2. The second kappa shape index (κ2) is 17.7. The molecule has 3 aromatic carbocycles. The number of amides is 4. The van der Waals surface area contributed by atoms with Crippen molar-refractivity contribution >= 4 is 40.0 Å². The standard InChI is InChI=1S/C40H54N4O6/c1-27-24-44(28(2)26-45)39(47)35-23-34(41-38(46)31-14-6-5-7-15-31)19-20-36(35)50-29(3)12-10-11-21-49-37(27)25-43(4)40(48)42-33-18-17-30-13-8-9-16-32(30)22-33/h8-9,13,16-20,22-23,27-29,31,37,45H,5-7,10-12,14-15,21,24-26H2,1-4H3,(H,41,46)(H,42,48)/t27-,28+,29-,37-/m0/s1. The highest BCUT2D eigenvalue weighted by molar-refractivity contribution is 6.00. The number of likely N-dealkylation sites (N-methyl/N-ethyl adjacent to an activating group) is 1. The maximum Gasteiger partial charge on any atom is 0.321 e. The van der Waals surface area contributed by atoms with E-state index in [1.165, 1.54) is 0 Å². The van der Waals surface area contributed by atoms with E-state index in [2.05, 4.69) is 10.6 Å². The minimum atomic E-state index is -0.502. The van der Waals surface area contributed by atoms with Gasteiger partial charge in [-0.3, -0.25) is 9.59 Å². The summed E-state index contributed by atoms with van der Waals surface area (Å²) in [7, 11) is 1.75. The summed E-state index contributed by atoms with van der Waals surface area (Å²) in [5.74, 6) is -0.0797. The number of urea groups is 1. The van der Waals surface area contributed by atoms with E-state index in [-0.39, 0.29) is 55.0 Å². The Hall–Kier alpha value is -4.15. The van der Waals surface area contributed by atoms with Gasteiger partial charge in [0.05, 0.1) is 30.4 Å². The van der Waals surface area contributed by atoms with Gasteiger partial charge in [0.2, 0.25) is 5.91 Å². The fourth-order valence-electron chi connectivity index (χ4n) is 6.91. The van der Waals surface area contributed by atoms with Crippen LogP contribution < -0.4 is 15.4 Å². The monoisotopic (exact) mass is 686 g/mol. The van der Waals surface area contributed by atoms with Crippen LogP contribution in [-0.4, -0.2) is 84.4 Å².